The van der Waals surface area contributed by atoms with E-state index in [9.17, 15) is 14.4 Å². The summed E-state index contributed by atoms with van der Waals surface area (Å²) in [6.07, 6.45) is 4.39. The van der Waals surface area contributed by atoms with Gasteiger partial charge in [0.15, 0.2) is 6.29 Å². The molecule has 0 aromatic heterocycles. The summed E-state index contributed by atoms with van der Waals surface area (Å²) in [7, 11) is 1.67. The van der Waals surface area contributed by atoms with E-state index < -0.39 is 17.4 Å². The zero-order valence-electron chi connectivity index (χ0n) is 26.7. The lowest BCUT2D eigenvalue weighted by atomic mass is 9.90. The van der Waals surface area contributed by atoms with Crippen LogP contribution < -0.4 is 5.48 Å². The topological polar surface area (TPSA) is 119 Å². The third kappa shape index (κ3) is 9.43. The maximum absolute atomic E-state index is 14.0. The number of ether oxygens (including phenoxy) is 3. The van der Waals surface area contributed by atoms with Gasteiger partial charge in [-0.2, -0.15) is 0 Å². The number of aliphatic imine (C=N–C) groups is 1. The van der Waals surface area contributed by atoms with Gasteiger partial charge in [0, 0.05) is 26.7 Å². The van der Waals surface area contributed by atoms with Gasteiger partial charge < -0.3 is 19.1 Å². The number of nitrogens with zero attached hydrogens (tertiary/aromatic N) is 3. The van der Waals surface area contributed by atoms with E-state index in [0.717, 1.165) is 36.3 Å². The summed E-state index contributed by atoms with van der Waals surface area (Å²) in [6.45, 7) is 6.52. The molecule has 1 N–H and O–H groups in total. The number of carbonyl (C=O) groups is 3. The minimum absolute atomic E-state index is 0.175. The molecule has 1 fully saturated rings. The van der Waals surface area contributed by atoms with Crippen LogP contribution in [0.1, 0.15) is 78.7 Å². The molecule has 3 amide bonds. The summed E-state index contributed by atoms with van der Waals surface area (Å²) in [4.78, 5) is 53.6. The van der Waals surface area contributed by atoms with Gasteiger partial charge in [-0.1, -0.05) is 42.5 Å². The molecular formula is C34H46N4O7. The van der Waals surface area contributed by atoms with Gasteiger partial charge in [0.1, 0.15) is 11.4 Å². The highest BCUT2D eigenvalue weighted by Gasteiger charge is 2.51. The molecule has 2 aliphatic rings. The molecule has 2 aliphatic heterocycles. The Morgan fingerprint density at radius 2 is 1.73 bits per heavy atom. The highest BCUT2D eigenvalue weighted by molar-refractivity contribution is 6.23. The van der Waals surface area contributed by atoms with Crippen molar-refractivity contribution >= 4 is 23.6 Å². The summed E-state index contributed by atoms with van der Waals surface area (Å²) < 4.78 is 17.0. The zero-order chi connectivity index (χ0) is 32.1. The number of likely N-dealkylation sites (N-methyl/N-ethyl adjacent to an activating group) is 1. The Morgan fingerprint density at radius 1 is 1.02 bits per heavy atom. The Bertz CT molecular complexity index is 1260. The van der Waals surface area contributed by atoms with Gasteiger partial charge in [-0.05, 0) is 70.1 Å². The number of benzene rings is 2. The van der Waals surface area contributed by atoms with Crippen LogP contribution in [-0.2, 0) is 30.4 Å². The Hall–Kier alpha value is -3.64. The van der Waals surface area contributed by atoms with E-state index in [1.165, 1.54) is 4.90 Å². The fourth-order valence-corrected chi connectivity index (χ4v) is 5.51. The number of unbranched alkanes of at least 4 members (excludes halogenated alkanes) is 1. The van der Waals surface area contributed by atoms with E-state index in [2.05, 4.69) is 10.5 Å². The van der Waals surface area contributed by atoms with Gasteiger partial charge in [0.2, 0.25) is 5.91 Å². The van der Waals surface area contributed by atoms with Crippen molar-refractivity contribution in [1.82, 2.24) is 15.3 Å². The first-order valence-corrected chi connectivity index (χ1v) is 15.8. The van der Waals surface area contributed by atoms with Crippen molar-refractivity contribution in [3.05, 3.63) is 71.3 Å². The summed E-state index contributed by atoms with van der Waals surface area (Å²) in [6, 6.07) is 16.5. The van der Waals surface area contributed by atoms with E-state index in [-0.39, 0.29) is 12.2 Å². The average Bonchev–Trinajstić information content (AvgIpc) is 3.32. The molecule has 0 spiro atoms. The van der Waals surface area contributed by atoms with Crippen molar-refractivity contribution in [3.8, 4) is 0 Å². The van der Waals surface area contributed by atoms with E-state index in [1.807, 2.05) is 37.3 Å². The first-order chi connectivity index (χ1) is 21.8. The number of nitrogens with one attached hydrogen (secondary N) is 1. The quantitative estimate of drug-likeness (QED) is 0.0909. The predicted octanol–water partition coefficient (Wildman–Crippen LogP) is 4.37. The molecule has 2 atom stereocenters. The molecule has 2 unspecified atom stereocenters. The molecule has 244 valence electrons. The molecule has 1 saturated heterocycles. The van der Waals surface area contributed by atoms with Crippen LogP contribution in [0.25, 0.3) is 0 Å². The lowest BCUT2D eigenvalue weighted by Crippen LogP contribution is -2.59. The van der Waals surface area contributed by atoms with Crippen LogP contribution in [0.2, 0.25) is 0 Å². The normalized spacial score (nSPS) is 18.1. The molecule has 0 aliphatic carbocycles. The van der Waals surface area contributed by atoms with Crippen LogP contribution in [0.4, 0.5) is 0 Å². The Morgan fingerprint density at radius 3 is 2.42 bits per heavy atom. The zero-order valence-corrected chi connectivity index (χ0v) is 26.7. The van der Waals surface area contributed by atoms with Crippen LogP contribution in [0.5, 0.6) is 0 Å². The second-order valence-electron chi connectivity index (χ2n) is 11.6. The standard InChI is InChI=1S/C34H46N4O7/c1-26(36-45-25-27-13-5-4-6-14-27)35-19-11-10-18-34(2,38-31(39)28-15-7-8-16-29(28)32(38)40)33(41)37(3)20-22-42-23-24-44-30-17-9-12-21-43-30/h4-8,13-16,30H,9-12,17-25H2,1-3H3,(H,35,36). The molecule has 2 heterocycles. The van der Waals surface area contributed by atoms with Gasteiger partial charge in [-0.25, -0.2) is 0 Å². The van der Waals surface area contributed by atoms with E-state index in [1.54, 1.807) is 38.2 Å². The number of carbonyl (C=O) groups excluding carboxylic acids is 3. The van der Waals surface area contributed by atoms with Gasteiger partial charge in [0.25, 0.3) is 11.8 Å². The molecule has 11 nitrogen and oxygen atoms in total. The first-order valence-electron chi connectivity index (χ1n) is 15.8. The van der Waals surface area contributed by atoms with Crippen molar-refractivity contribution in [2.45, 2.75) is 70.8 Å². The average molecular weight is 623 g/mol. The van der Waals surface area contributed by atoms with Gasteiger partial charge in [-0.3, -0.25) is 34.6 Å². The lowest BCUT2D eigenvalue weighted by Gasteiger charge is -2.38. The van der Waals surface area contributed by atoms with Crippen molar-refractivity contribution < 1.29 is 33.4 Å². The van der Waals surface area contributed by atoms with Gasteiger partial charge >= 0.3 is 0 Å². The van der Waals surface area contributed by atoms with Crippen LogP contribution in [-0.4, -0.2) is 91.8 Å². The van der Waals surface area contributed by atoms with E-state index in [4.69, 9.17) is 19.0 Å². The van der Waals surface area contributed by atoms with Gasteiger partial charge in [-0.15, -0.1) is 0 Å². The number of hydrogen-bond donors (Lipinski definition) is 1. The van der Waals surface area contributed by atoms with Crippen LogP contribution in [0, 0.1) is 0 Å². The molecule has 4 rings (SSSR count). The number of imide groups is 1. The van der Waals surface area contributed by atoms with Crippen LogP contribution >= 0.6 is 0 Å². The molecule has 0 bridgehead atoms. The molecule has 2 aromatic carbocycles. The fraction of sp³-hybridized carbons (Fsp3) is 0.529. The van der Waals surface area contributed by atoms with Crippen LogP contribution in [0.3, 0.4) is 0 Å². The first kappa shape index (κ1) is 34.2. The molecule has 2 aromatic rings. The van der Waals surface area contributed by atoms with E-state index >= 15 is 0 Å². The smallest absolute Gasteiger partial charge is 0.262 e. The van der Waals surface area contributed by atoms with Crippen molar-refractivity contribution in [3.63, 3.8) is 0 Å². The van der Waals surface area contributed by atoms with Crippen molar-refractivity contribution in [2.75, 3.05) is 46.6 Å². The van der Waals surface area contributed by atoms with Crippen molar-refractivity contribution in [2.24, 2.45) is 4.99 Å². The molecule has 0 saturated carbocycles. The maximum Gasteiger partial charge on any atom is 0.262 e. The van der Waals surface area contributed by atoms with Crippen LogP contribution in [0.15, 0.2) is 59.6 Å². The highest BCUT2D eigenvalue weighted by atomic mass is 16.7. The monoisotopic (exact) mass is 622 g/mol. The SMILES string of the molecule is CC(=NCCCCC(C)(C(=O)N(C)CCOCCOC1CCCCO1)N1C(=O)c2ccccc2C1=O)NOCc1ccccc1. The van der Waals surface area contributed by atoms with Gasteiger partial charge in [0.05, 0.1) is 37.6 Å². The highest BCUT2D eigenvalue weighted by Crippen LogP contribution is 2.34. The molecule has 45 heavy (non-hydrogen) atoms. The number of rotatable bonds is 17. The number of fused-ring (bicyclic) bond motifs is 1. The summed E-state index contributed by atoms with van der Waals surface area (Å²) in [5.74, 6) is -0.580. The summed E-state index contributed by atoms with van der Waals surface area (Å²) >= 11 is 0. The number of hydroxylamine groups is 1. The fourth-order valence-electron chi connectivity index (χ4n) is 5.51. The second-order valence-corrected chi connectivity index (χ2v) is 11.6. The van der Waals surface area contributed by atoms with E-state index in [0.29, 0.717) is 75.7 Å². The second kappa shape index (κ2) is 17.2. The summed E-state index contributed by atoms with van der Waals surface area (Å²) in [5.41, 5.74) is 3.16. The molecular weight excluding hydrogens is 576 g/mol. The maximum atomic E-state index is 14.0. The largest absolute Gasteiger partial charge is 0.377 e. The number of amides is 3. The lowest BCUT2D eigenvalue weighted by molar-refractivity contribution is -0.169. The summed E-state index contributed by atoms with van der Waals surface area (Å²) in [5, 5.41) is 0. The molecule has 0 radical (unpaired) electrons. The Kier molecular flexibility index (Phi) is 13.1. The molecule has 11 heteroatoms. The number of amidine groups is 1. The minimum atomic E-state index is -1.38. The minimum Gasteiger partial charge on any atom is -0.377 e. The van der Waals surface area contributed by atoms with Crippen molar-refractivity contribution in [1.29, 1.82) is 0 Å². The third-order valence-corrected chi connectivity index (χ3v) is 8.06. The predicted molar refractivity (Wildman–Crippen MR) is 170 cm³/mol. The number of hydrogen-bond acceptors (Lipinski definition) is 8. The Labute approximate surface area is 265 Å². The Balaban J connectivity index is 1.29. The third-order valence-electron chi connectivity index (χ3n) is 8.06.